The lowest BCUT2D eigenvalue weighted by Crippen LogP contribution is -2.20. The summed E-state index contributed by atoms with van der Waals surface area (Å²) >= 11 is 1.79. The third kappa shape index (κ3) is 2.93. The van der Waals surface area contributed by atoms with E-state index in [4.69, 9.17) is 5.73 Å². The van der Waals surface area contributed by atoms with Gasteiger partial charge in [-0.2, -0.15) is 0 Å². The van der Waals surface area contributed by atoms with E-state index >= 15 is 0 Å². The molecule has 4 nitrogen and oxygen atoms in total. The van der Waals surface area contributed by atoms with Crippen LogP contribution in [0.15, 0.2) is 17.5 Å². The summed E-state index contributed by atoms with van der Waals surface area (Å²) in [4.78, 5) is 10.5. The summed E-state index contributed by atoms with van der Waals surface area (Å²) in [5, 5.41) is 5.60. The number of anilines is 2. The van der Waals surface area contributed by atoms with Crippen LogP contribution in [0.4, 0.5) is 11.6 Å². The zero-order valence-electron chi connectivity index (χ0n) is 11.9. The first kappa shape index (κ1) is 13.4. The number of thiophene rings is 1. The lowest BCUT2D eigenvalue weighted by Gasteiger charge is -2.17. The van der Waals surface area contributed by atoms with Crippen molar-refractivity contribution in [3.63, 3.8) is 0 Å². The van der Waals surface area contributed by atoms with E-state index in [0.717, 1.165) is 23.6 Å². The summed E-state index contributed by atoms with van der Waals surface area (Å²) in [5.41, 5.74) is 6.96. The van der Waals surface area contributed by atoms with Crippen molar-refractivity contribution in [2.45, 2.75) is 45.1 Å². The minimum Gasteiger partial charge on any atom is -0.383 e. The van der Waals surface area contributed by atoms with E-state index in [1.807, 2.05) is 6.92 Å². The van der Waals surface area contributed by atoms with Crippen molar-refractivity contribution in [3.8, 4) is 0 Å². The van der Waals surface area contributed by atoms with Gasteiger partial charge in [0.15, 0.2) is 0 Å². The van der Waals surface area contributed by atoms with Crippen molar-refractivity contribution in [2.24, 2.45) is 0 Å². The zero-order chi connectivity index (χ0) is 14.1. The molecule has 20 heavy (non-hydrogen) atoms. The van der Waals surface area contributed by atoms with Crippen molar-refractivity contribution < 1.29 is 0 Å². The molecule has 2 aromatic heterocycles. The van der Waals surface area contributed by atoms with Gasteiger partial charge < -0.3 is 11.1 Å². The molecule has 2 heterocycles. The van der Waals surface area contributed by atoms with Gasteiger partial charge in [-0.25, -0.2) is 9.97 Å². The van der Waals surface area contributed by atoms with Crippen LogP contribution in [0.25, 0.3) is 0 Å². The monoisotopic (exact) mass is 288 g/mol. The summed E-state index contributed by atoms with van der Waals surface area (Å²) in [6.45, 7) is 4.15. The van der Waals surface area contributed by atoms with Crippen molar-refractivity contribution >= 4 is 23.0 Å². The van der Waals surface area contributed by atoms with Crippen molar-refractivity contribution in [1.82, 2.24) is 9.97 Å². The molecule has 0 spiro atoms. The van der Waals surface area contributed by atoms with E-state index in [2.05, 4.69) is 39.7 Å². The maximum atomic E-state index is 6.01. The topological polar surface area (TPSA) is 63.8 Å². The predicted octanol–water partition coefficient (Wildman–Crippen LogP) is 3.35. The molecule has 1 aliphatic carbocycles. The standard InChI is InChI=1S/C15H20N4S/c1-9(8-12-4-3-7-20-12)17-14-10(2)13(16)18-15(19-14)11-5-6-11/h3-4,7,9,11H,5-6,8H2,1-2H3,(H3,16,17,18,19). The van der Waals surface area contributed by atoms with Gasteiger partial charge in [-0.15, -0.1) is 11.3 Å². The number of nitrogens with zero attached hydrogens (tertiary/aromatic N) is 2. The van der Waals surface area contributed by atoms with Gasteiger partial charge in [0.25, 0.3) is 0 Å². The van der Waals surface area contributed by atoms with Crippen LogP contribution in [-0.4, -0.2) is 16.0 Å². The van der Waals surface area contributed by atoms with Gasteiger partial charge in [-0.3, -0.25) is 0 Å². The Morgan fingerprint density at radius 2 is 2.25 bits per heavy atom. The Kier molecular flexibility index (Phi) is 3.61. The molecule has 3 N–H and O–H groups in total. The van der Waals surface area contributed by atoms with Crippen LogP contribution < -0.4 is 11.1 Å². The SMILES string of the molecule is Cc1c(N)nc(C2CC2)nc1NC(C)Cc1cccs1. The van der Waals surface area contributed by atoms with Crippen LogP contribution >= 0.6 is 11.3 Å². The van der Waals surface area contributed by atoms with Crippen molar-refractivity contribution in [3.05, 3.63) is 33.8 Å². The van der Waals surface area contributed by atoms with E-state index in [0.29, 0.717) is 17.8 Å². The quantitative estimate of drug-likeness (QED) is 0.885. The predicted molar refractivity (Wildman–Crippen MR) is 84.3 cm³/mol. The number of hydrogen-bond acceptors (Lipinski definition) is 5. The fourth-order valence-corrected chi connectivity index (χ4v) is 3.07. The molecule has 0 saturated heterocycles. The summed E-state index contributed by atoms with van der Waals surface area (Å²) in [6, 6.07) is 4.58. The Labute approximate surface area is 123 Å². The largest absolute Gasteiger partial charge is 0.383 e. The van der Waals surface area contributed by atoms with Gasteiger partial charge in [-0.1, -0.05) is 6.07 Å². The highest BCUT2D eigenvalue weighted by Crippen LogP contribution is 2.39. The number of nitrogens with one attached hydrogen (secondary N) is 1. The number of rotatable bonds is 5. The molecule has 2 aromatic rings. The lowest BCUT2D eigenvalue weighted by atomic mass is 10.2. The molecular weight excluding hydrogens is 268 g/mol. The second-order valence-electron chi connectivity index (χ2n) is 5.54. The third-order valence-electron chi connectivity index (χ3n) is 3.61. The number of nitrogens with two attached hydrogens (primary N) is 1. The molecule has 0 aromatic carbocycles. The summed E-state index contributed by atoms with van der Waals surface area (Å²) in [6.07, 6.45) is 3.37. The molecule has 1 aliphatic rings. The number of hydrogen-bond donors (Lipinski definition) is 2. The fraction of sp³-hybridized carbons (Fsp3) is 0.467. The van der Waals surface area contributed by atoms with Crippen LogP contribution in [0, 0.1) is 6.92 Å². The minimum absolute atomic E-state index is 0.328. The normalized spacial score (nSPS) is 16.1. The van der Waals surface area contributed by atoms with E-state index in [1.165, 1.54) is 17.7 Å². The Morgan fingerprint density at radius 1 is 1.45 bits per heavy atom. The molecule has 1 saturated carbocycles. The maximum absolute atomic E-state index is 6.01. The second-order valence-corrected chi connectivity index (χ2v) is 6.58. The van der Waals surface area contributed by atoms with Crippen LogP contribution in [-0.2, 0) is 6.42 Å². The van der Waals surface area contributed by atoms with Crippen LogP contribution in [0.5, 0.6) is 0 Å². The van der Waals surface area contributed by atoms with E-state index in [1.54, 1.807) is 11.3 Å². The molecular formula is C15H20N4S. The summed E-state index contributed by atoms with van der Waals surface area (Å²) in [5.74, 6) is 2.92. The zero-order valence-corrected chi connectivity index (χ0v) is 12.7. The van der Waals surface area contributed by atoms with Gasteiger partial charge >= 0.3 is 0 Å². The molecule has 0 radical (unpaired) electrons. The van der Waals surface area contributed by atoms with Crippen LogP contribution in [0.2, 0.25) is 0 Å². The van der Waals surface area contributed by atoms with Crippen molar-refractivity contribution in [1.29, 1.82) is 0 Å². The average Bonchev–Trinajstić information content (AvgIpc) is 3.14. The fourth-order valence-electron chi connectivity index (χ4n) is 2.23. The molecule has 0 amide bonds. The Balaban J connectivity index is 1.75. The third-order valence-corrected chi connectivity index (χ3v) is 4.51. The van der Waals surface area contributed by atoms with E-state index < -0.39 is 0 Å². The summed E-state index contributed by atoms with van der Waals surface area (Å²) in [7, 11) is 0. The van der Waals surface area contributed by atoms with Gasteiger partial charge in [0.2, 0.25) is 0 Å². The molecule has 1 unspecified atom stereocenters. The Bertz CT molecular complexity index is 590. The molecule has 1 atom stereocenters. The highest BCUT2D eigenvalue weighted by Gasteiger charge is 2.28. The van der Waals surface area contributed by atoms with Crippen molar-refractivity contribution in [2.75, 3.05) is 11.1 Å². The highest BCUT2D eigenvalue weighted by atomic mass is 32.1. The molecule has 1 fully saturated rings. The Morgan fingerprint density at radius 3 is 2.90 bits per heavy atom. The minimum atomic E-state index is 0.328. The number of nitrogen functional groups attached to an aromatic ring is 1. The molecule has 106 valence electrons. The molecule has 0 aliphatic heterocycles. The van der Waals surface area contributed by atoms with E-state index in [9.17, 15) is 0 Å². The average molecular weight is 288 g/mol. The molecule has 5 heteroatoms. The first-order valence-electron chi connectivity index (χ1n) is 7.06. The Hall–Kier alpha value is -1.62. The van der Waals surface area contributed by atoms with Gasteiger partial charge in [0, 0.05) is 28.8 Å². The highest BCUT2D eigenvalue weighted by molar-refractivity contribution is 7.09. The maximum Gasteiger partial charge on any atom is 0.136 e. The van der Waals surface area contributed by atoms with Gasteiger partial charge in [-0.05, 0) is 38.1 Å². The second kappa shape index (κ2) is 5.40. The summed E-state index contributed by atoms with van der Waals surface area (Å²) < 4.78 is 0. The lowest BCUT2D eigenvalue weighted by molar-refractivity contribution is 0.786. The van der Waals surface area contributed by atoms with E-state index in [-0.39, 0.29) is 0 Å². The first-order valence-corrected chi connectivity index (χ1v) is 7.94. The van der Waals surface area contributed by atoms with Crippen LogP contribution in [0.1, 0.15) is 41.9 Å². The number of aromatic nitrogens is 2. The molecule has 3 rings (SSSR count). The molecule has 0 bridgehead atoms. The van der Waals surface area contributed by atoms with Gasteiger partial charge in [0.1, 0.15) is 17.5 Å². The smallest absolute Gasteiger partial charge is 0.136 e. The first-order chi connectivity index (χ1) is 9.63. The van der Waals surface area contributed by atoms with Gasteiger partial charge in [0.05, 0.1) is 0 Å². The van der Waals surface area contributed by atoms with Crippen LogP contribution in [0.3, 0.4) is 0 Å².